The molecular formula is C29H30O. The monoisotopic (exact) mass is 394 g/mol. The van der Waals surface area contributed by atoms with Gasteiger partial charge >= 0.3 is 0 Å². The second kappa shape index (κ2) is 4.90. The van der Waals surface area contributed by atoms with Crippen LogP contribution in [0.15, 0.2) is 54.6 Å². The lowest BCUT2D eigenvalue weighted by molar-refractivity contribution is -0.129. The van der Waals surface area contributed by atoms with Crippen molar-refractivity contribution in [3.63, 3.8) is 0 Å². The van der Waals surface area contributed by atoms with Crippen LogP contribution in [-0.2, 0) is 15.8 Å². The Morgan fingerprint density at radius 3 is 2.10 bits per heavy atom. The second-order valence-corrected chi connectivity index (χ2v) is 11.9. The zero-order valence-electron chi connectivity index (χ0n) is 17.5. The van der Waals surface area contributed by atoms with E-state index in [2.05, 4.69) is 54.6 Å². The highest BCUT2D eigenvalue weighted by Crippen LogP contribution is 2.88. The van der Waals surface area contributed by atoms with Gasteiger partial charge in [0.25, 0.3) is 0 Å². The highest BCUT2D eigenvalue weighted by molar-refractivity contribution is 5.57. The Balaban J connectivity index is 1.39. The first-order valence-electron chi connectivity index (χ1n) is 12.7. The molecule has 6 aliphatic carbocycles. The van der Waals surface area contributed by atoms with Crippen LogP contribution in [0, 0.1) is 47.3 Å². The molecule has 0 radical (unpaired) electrons. The molecule has 2 aromatic rings. The van der Waals surface area contributed by atoms with Crippen LogP contribution in [0.25, 0.3) is 0 Å². The SMILES string of the molecule is c1ccc([C@@]23O[C@H](c4ccccc4C24C2C4[C@H]4CC[C@@H]2C4)C2C3[C@@H]3CC[C@H]2C3)cc1. The van der Waals surface area contributed by atoms with Crippen molar-refractivity contribution < 1.29 is 4.74 Å². The molecule has 6 fully saturated rings. The Morgan fingerprint density at radius 1 is 0.667 bits per heavy atom. The molecule has 30 heavy (non-hydrogen) atoms. The number of ether oxygens (including phenoxy) is 1. The Bertz CT molecular complexity index is 1060. The maximum atomic E-state index is 7.58. The molecule has 1 heterocycles. The maximum absolute atomic E-state index is 7.58. The van der Waals surface area contributed by atoms with E-state index in [1.165, 1.54) is 44.1 Å². The predicted molar refractivity (Wildman–Crippen MR) is 116 cm³/mol. The molecule has 0 N–H and O–H groups in total. The molecular weight excluding hydrogens is 364 g/mol. The van der Waals surface area contributed by atoms with Crippen LogP contribution in [-0.4, -0.2) is 0 Å². The molecule has 1 aliphatic heterocycles. The minimum absolute atomic E-state index is 0.0611. The van der Waals surface area contributed by atoms with Crippen LogP contribution in [0.1, 0.15) is 61.3 Å². The van der Waals surface area contributed by atoms with E-state index in [-0.39, 0.29) is 11.0 Å². The third-order valence-corrected chi connectivity index (χ3v) is 11.5. The zero-order chi connectivity index (χ0) is 19.2. The fraction of sp³-hybridized carbons (Fsp3) is 0.586. The largest absolute Gasteiger partial charge is 0.361 e. The van der Waals surface area contributed by atoms with E-state index in [9.17, 15) is 0 Å². The smallest absolute Gasteiger partial charge is 0.108 e. The first-order chi connectivity index (χ1) is 14.9. The van der Waals surface area contributed by atoms with Gasteiger partial charge in [-0.05, 0) is 96.6 Å². The molecule has 1 heteroatoms. The third-order valence-electron chi connectivity index (χ3n) is 11.5. The maximum Gasteiger partial charge on any atom is 0.108 e. The Kier molecular flexibility index (Phi) is 2.63. The average molecular weight is 395 g/mol. The van der Waals surface area contributed by atoms with Crippen molar-refractivity contribution in [2.24, 2.45) is 47.3 Å². The summed E-state index contributed by atoms with van der Waals surface area (Å²) in [7, 11) is 0. The quantitative estimate of drug-likeness (QED) is 0.556. The van der Waals surface area contributed by atoms with Crippen molar-refractivity contribution in [1.82, 2.24) is 0 Å². The molecule has 1 spiro atoms. The van der Waals surface area contributed by atoms with Gasteiger partial charge in [0.2, 0.25) is 0 Å². The van der Waals surface area contributed by atoms with Crippen LogP contribution in [0.3, 0.4) is 0 Å². The Labute approximate surface area is 179 Å². The molecule has 6 bridgehead atoms. The first-order valence-corrected chi connectivity index (χ1v) is 12.7. The van der Waals surface area contributed by atoms with Crippen molar-refractivity contribution in [1.29, 1.82) is 0 Å². The Hall–Kier alpha value is -1.60. The summed E-state index contributed by atoms with van der Waals surface area (Å²) < 4.78 is 7.58. The van der Waals surface area contributed by atoms with Crippen LogP contribution in [0.2, 0.25) is 0 Å². The minimum atomic E-state index is -0.0611. The van der Waals surface area contributed by atoms with E-state index in [1.54, 1.807) is 11.1 Å². The van der Waals surface area contributed by atoms with Gasteiger partial charge in [-0.3, -0.25) is 0 Å². The summed E-state index contributed by atoms with van der Waals surface area (Å²) in [5, 5.41) is 0. The van der Waals surface area contributed by atoms with E-state index < -0.39 is 0 Å². The average Bonchev–Trinajstić information content (AvgIpc) is 3.42. The van der Waals surface area contributed by atoms with Crippen LogP contribution in [0.4, 0.5) is 0 Å². The fourth-order valence-electron chi connectivity index (χ4n) is 11.2. The van der Waals surface area contributed by atoms with Crippen molar-refractivity contribution in [3.05, 3.63) is 71.3 Å². The van der Waals surface area contributed by atoms with E-state index in [4.69, 9.17) is 4.74 Å². The summed E-state index contributed by atoms with van der Waals surface area (Å²) in [4.78, 5) is 0. The fourth-order valence-corrected chi connectivity index (χ4v) is 11.2. The molecule has 9 rings (SSSR count). The summed E-state index contributed by atoms with van der Waals surface area (Å²) in [5.41, 5.74) is 5.05. The van der Waals surface area contributed by atoms with E-state index >= 15 is 0 Å². The zero-order valence-corrected chi connectivity index (χ0v) is 17.5. The number of hydrogen-bond acceptors (Lipinski definition) is 1. The van der Waals surface area contributed by atoms with Crippen LogP contribution in [0.5, 0.6) is 0 Å². The standard InChI is InChI=1S/C29H30O/c1-2-6-20(7-3-1)29-24-17-11-10-16(14-17)23(24)27(30-29)21-8-4-5-9-22(21)28(29)25-18-12-13-19(15-18)26(25)28/h1-9,16-19,23-27H,10-15H2/t16-,17+,18-,19+,23?,24?,25?,26?,27+,28?,29-/m0/s1. The molecule has 11 atom stereocenters. The summed E-state index contributed by atoms with van der Waals surface area (Å²) in [5.74, 6) is 6.92. The van der Waals surface area contributed by atoms with Crippen molar-refractivity contribution in [2.45, 2.75) is 55.6 Å². The van der Waals surface area contributed by atoms with E-state index in [1.807, 2.05) is 0 Å². The lowest BCUT2D eigenvalue weighted by Gasteiger charge is -2.50. The number of fused-ring (bicyclic) bond motifs is 13. The minimum Gasteiger partial charge on any atom is -0.361 e. The van der Waals surface area contributed by atoms with Crippen molar-refractivity contribution in [3.8, 4) is 0 Å². The van der Waals surface area contributed by atoms with Gasteiger partial charge in [0.05, 0.1) is 6.10 Å². The Morgan fingerprint density at radius 2 is 1.30 bits per heavy atom. The molecule has 5 unspecified atom stereocenters. The molecule has 0 aromatic heterocycles. The molecule has 7 aliphatic rings. The molecule has 1 nitrogen and oxygen atoms in total. The molecule has 0 amide bonds. The van der Waals surface area contributed by atoms with Crippen LogP contribution >= 0.6 is 0 Å². The first kappa shape index (κ1) is 16.1. The number of rotatable bonds is 1. The lowest BCUT2D eigenvalue weighted by Crippen LogP contribution is -2.51. The van der Waals surface area contributed by atoms with E-state index in [0.29, 0.717) is 6.10 Å². The van der Waals surface area contributed by atoms with Gasteiger partial charge in [-0.25, -0.2) is 0 Å². The van der Waals surface area contributed by atoms with E-state index in [0.717, 1.165) is 47.3 Å². The number of benzene rings is 2. The third kappa shape index (κ3) is 1.42. The van der Waals surface area contributed by atoms with Gasteiger partial charge < -0.3 is 4.74 Å². The molecule has 152 valence electrons. The van der Waals surface area contributed by atoms with Crippen LogP contribution < -0.4 is 0 Å². The summed E-state index contributed by atoms with van der Waals surface area (Å²) in [6.07, 6.45) is 9.17. The van der Waals surface area contributed by atoms with Gasteiger partial charge in [-0.15, -0.1) is 0 Å². The lowest BCUT2D eigenvalue weighted by atomic mass is 9.59. The molecule has 1 saturated heterocycles. The summed E-state index contributed by atoms with van der Waals surface area (Å²) >= 11 is 0. The highest BCUT2D eigenvalue weighted by atomic mass is 16.5. The molecule has 2 aromatic carbocycles. The van der Waals surface area contributed by atoms with Gasteiger partial charge in [0, 0.05) is 11.3 Å². The van der Waals surface area contributed by atoms with Gasteiger partial charge in [0.1, 0.15) is 5.60 Å². The predicted octanol–water partition coefficient (Wildman–Crippen LogP) is 6.24. The van der Waals surface area contributed by atoms with Crippen molar-refractivity contribution in [2.75, 3.05) is 0 Å². The summed E-state index contributed by atoms with van der Waals surface area (Å²) in [6.45, 7) is 0. The highest BCUT2D eigenvalue weighted by Gasteiger charge is 2.88. The van der Waals surface area contributed by atoms with Gasteiger partial charge in [-0.1, -0.05) is 54.6 Å². The number of hydrogen-bond donors (Lipinski definition) is 0. The van der Waals surface area contributed by atoms with Gasteiger partial charge in [0.15, 0.2) is 0 Å². The topological polar surface area (TPSA) is 9.23 Å². The second-order valence-electron chi connectivity index (χ2n) is 11.9. The summed E-state index contributed by atoms with van der Waals surface area (Å²) in [6, 6.07) is 21.3. The van der Waals surface area contributed by atoms with Gasteiger partial charge in [-0.2, -0.15) is 0 Å². The normalized spacial score (nSPS) is 55.0. The van der Waals surface area contributed by atoms with Crippen molar-refractivity contribution >= 4 is 0 Å². The molecule has 5 saturated carbocycles.